The van der Waals surface area contributed by atoms with Gasteiger partial charge in [-0.1, -0.05) is 0 Å². The number of hydrogen-bond acceptors (Lipinski definition) is 3. The molecule has 0 saturated heterocycles. The monoisotopic (exact) mass is 291 g/mol. The minimum absolute atomic E-state index is 0.627. The van der Waals surface area contributed by atoms with Crippen molar-refractivity contribution in [3.05, 3.63) is 29.0 Å². The second kappa shape index (κ2) is 3.59. The molecule has 5 nitrogen and oxygen atoms in total. The zero-order valence-electron chi connectivity index (χ0n) is 9.11. The van der Waals surface area contributed by atoms with E-state index < -0.39 is 0 Å². The van der Waals surface area contributed by atoms with Crippen molar-refractivity contribution in [2.24, 2.45) is 7.05 Å². The number of anilines is 1. The van der Waals surface area contributed by atoms with Crippen LogP contribution in [-0.4, -0.2) is 19.5 Å². The average molecular weight is 292 g/mol. The number of pyridine rings is 1. The lowest BCUT2D eigenvalue weighted by atomic mass is 10.4. The summed E-state index contributed by atoms with van der Waals surface area (Å²) in [5.41, 5.74) is 8.97. The number of nitrogen functional groups attached to an aromatic ring is 1. The van der Waals surface area contributed by atoms with Crippen molar-refractivity contribution in [2.45, 2.75) is 0 Å². The van der Waals surface area contributed by atoms with Crippen LogP contribution in [0, 0.1) is 0 Å². The third-order valence-corrected chi connectivity index (χ3v) is 3.33. The SMILES string of the molecule is Cn1cccc1-c1nc2ncc(Br)c(N)c2[nH]1. The van der Waals surface area contributed by atoms with Gasteiger partial charge in [0.15, 0.2) is 11.5 Å². The molecule has 0 bridgehead atoms. The van der Waals surface area contributed by atoms with Crippen molar-refractivity contribution < 1.29 is 0 Å². The summed E-state index contributed by atoms with van der Waals surface area (Å²) < 4.78 is 2.76. The number of halogens is 1. The summed E-state index contributed by atoms with van der Waals surface area (Å²) in [5.74, 6) is 0.768. The molecule has 3 heterocycles. The zero-order valence-corrected chi connectivity index (χ0v) is 10.7. The Kier molecular flexibility index (Phi) is 2.19. The van der Waals surface area contributed by atoms with Crippen LogP contribution >= 0.6 is 15.9 Å². The van der Waals surface area contributed by atoms with Crippen molar-refractivity contribution in [1.29, 1.82) is 0 Å². The molecule has 3 rings (SSSR count). The lowest BCUT2D eigenvalue weighted by molar-refractivity contribution is 0.927. The molecule has 3 aromatic rings. The number of nitrogens with one attached hydrogen (secondary N) is 1. The number of hydrogen-bond donors (Lipinski definition) is 2. The summed E-state index contributed by atoms with van der Waals surface area (Å²) >= 11 is 3.35. The highest BCUT2D eigenvalue weighted by Gasteiger charge is 2.11. The number of fused-ring (bicyclic) bond motifs is 1. The quantitative estimate of drug-likeness (QED) is 0.723. The average Bonchev–Trinajstić information content (AvgIpc) is 2.89. The minimum Gasteiger partial charge on any atom is -0.396 e. The molecule has 0 fully saturated rings. The van der Waals surface area contributed by atoms with Crippen molar-refractivity contribution in [3.8, 4) is 11.5 Å². The van der Waals surface area contributed by atoms with Gasteiger partial charge < -0.3 is 15.3 Å². The zero-order chi connectivity index (χ0) is 12.0. The molecule has 3 aromatic heterocycles. The van der Waals surface area contributed by atoms with E-state index in [1.54, 1.807) is 6.20 Å². The van der Waals surface area contributed by atoms with Crippen LogP contribution in [0.4, 0.5) is 5.69 Å². The van der Waals surface area contributed by atoms with Gasteiger partial charge in [0.05, 0.1) is 15.9 Å². The molecule has 17 heavy (non-hydrogen) atoms. The predicted molar refractivity (Wildman–Crippen MR) is 70.4 cm³/mol. The molecule has 0 radical (unpaired) electrons. The van der Waals surface area contributed by atoms with Gasteiger partial charge >= 0.3 is 0 Å². The van der Waals surface area contributed by atoms with Gasteiger partial charge in [-0.15, -0.1) is 0 Å². The highest BCUT2D eigenvalue weighted by Crippen LogP contribution is 2.27. The van der Waals surface area contributed by atoms with Gasteiger partial charge in [0, 0.05) is 19.4 Å². The number of nitrogens with two attached hydrogens (primary N) is 1. The standard InChI is InChI=1S/C11H10BrN5/c1-17-4-2-3-7(17)10-15-9-8(13)6(12)5-14-11(9)16-10/h2-5H,1H3,(H3,13,14,15,16). The van der Waals surface area contributed by atoms with Crippen molar-refractivity contribution in [3.63, 3.8) is 0 Å². The fraction of sp³-hybridized carbons (Fsp3) is 0.0909. The van der Waals surface area contributed by atoms with Gasteiger partial charge in [0.1, 0.15) is 5.52 Å². The topological polar surface area (TPSA) is 72.5 Å². The second-order valence-electron chi connectivity index (χ2n) is 3.81. The third-order valence-electron chi connectivity index (χ3n) is 2.70. The highest BCUT2D eigenvalue weighted by atomic mass is 79.9. The van der Waals surface area contributed by atoms with Crippen LogP contribution in [0.25, 0.3) is 22.7 Å². The highest BCUT2D eigenvalue weighted by molar-refractivity contribution is 9.10. The Hall–Kier alpha value is -1.82. The Labute approximate surface area is 106 Å². The third kappa shape index (κ3) is 1.52. The van der Waals surface area contributed by atoms with Crippen LogP contribution in [0.15, 0.2) is 29.0 Å². The van der Waals surface area contributed by atoms with E-state index in [1.165, 1.54) is 0 Å². The minimum atomic E-state index is 0.627. The Morgan fingerprint density at radius 1 is 1.47 bits per heavy atom. The Bertz CT molecular complexity index is 697. The molecule has 0 spiro atoms. The van der Waals surface area contributed by atoms with Gasteiger partial charge in [0.25, 0.3) is 0 Å². The number of aromatic amines is 1. The Morgan fingerprint density at radius 3 is 3.00 bits per heavy atom. The molecule has 0 aliphatic heterocycles. The molecule has 0 amide bonds. The largest absolute Gasteiger partial charge is 0.396 e. The van der Waals surface area contributed by atoms with Crippen molar-refractivity contribution >= 4 is 32.8 Å². The second-order valence-corrected chi connectivity index (χ2v) is 4.66. The molecule has 0 unspecified atom stereocenters. The molecule has 0 aromatic carbocycles. The molecular weight excluding hydrogens is 282 g/mol. The number of nitrogens with zero attached hydrogens (tertiary/aromatic N) is 3. The van der Waals surface area contributed by atoms with Crippen LogP contribution in [-0.2, 0) is 7.05 Å². The lowest BCUT2D eigenvalue weighted by Crippen LogP contribution is -1.91. The number of aryl methyl sites for hydroxylation is 1. The van der Waals surface area contributed by atoms with E-state index in [2.05, 4.69) is 30.9 Å². The number of aromatic nitrogens is 4. The molecule has 0 aliphatic carbocycles. The van der Waals surface area contributed by atoms with Gasteiger partial charge in [-0.25, -0.2) is 9.97 Å². The van der Waals surface area contributed by atoms with E-state index >= 15 is 0 Å². The first-order valence-electron chi connectivity index (χ1n) is 5.08. The fourth-order valence-electron chi connectivity index (χ4n) is 1.78. The first kappa shape index (κ1) is 10.3. The maximum Gasteiger partial charge on any atom is 0.180 e. The summed E-state index contributed by atoms with van der Waals surface area (Å²) in [5, 5.41) is 0. The first-order valence-corrected chi connectivity index (χ1v) is 5.87. The Morgan fingerprint density at radius 2 is 2.29 bits per heavy atom. The fourth-order valence-corrected chi connectivity index (χ4v) is 2.08. The van der Waals surface area contributed by atoms with Gasteiger partial charge in [-0.2, -0.15) is 0 Å². The molecule has 0 saturated carbocycles. The van der Waals surface area contributed by atoms with Crippen LogP contribution in [0.1, 0.15) is 0 Å². The Balaban J connectivity index is 2.27. The molecule has 0 aliphatic rings. The molecular formula is C11H10BrN5. The number of H-pyrrole nitrogens is 1. The van der Waals surface area contributed by atoms with E-state index in [9.17, 15) is 0 Å². The van der Waals surface area contributed by atoms with E-state index in [4.69, 9.17) is 5.73 Å². The van der Waals surface area contributed by atoms with Crippen LogP contribution < -0.4 is 5.73 Å². The maximum absolute atomic E-state index is 5.96. The van der Waals surface area contributed by atoms with Crippen LogP contribution in [0.2, 0.25) is 0 Å². The molecule has 0 atom stereocenters. The summed E-state index contributed by atoms with van der Waals surface area (Å²) in [6, 6.07) is 3.96. The van der Waals surface area contributed by atoms with Gasteiger partial charge in [-0.05, 0) is 28.1 Å². The summed E-state index contributed by atoms with van der Waals surface area (Å²) in [6.45, 7) is 0. The van der Waals surface area contributed by atoms with E-state index in [0.717, 1.165) is 21.5 Å². The smallest absolute Gasteiger partial charge is 0.180 e. The maximum atomic E-state index is 5.96. The van der Waals surface area contributed by atoms with Crippen LogP contribution in [0.3, 0.4) is 0 Å². The van der Waals surface area contributed by atoms with Gasteiger partial charge in [0.2, 0.25) is 0 Å². The molecule has 6 heteroatoms. The lowest BCUT2D eigenvalue weighted by Gasteiger charge is -1.98. The van der Waals surface area contributed by atoms with Crippen LogP contribution in [0.5, 0.6) is 0 Å². The van der Waals surface area contributed by atoms with Gasteiger partial charge in [-0.3, -0.25) is 0 Å². The summed E-state index contributed by atoms with van der Waals surface area (Å²) in [7, 11) is 1.97. The van der Waals surface area contributed by atoms with Crippen molar-refractivity contribution in [1.82, 2.24) is 19.5 Å². The molecule has 86 valence electrons. The van der Waals surface area contributed by atoms with E-state index in [0.29, 0.717) is 11.3 Å². The predicted octanol–water partition coefficient (Wildman–Crippen LogP) is 2.31. The summed E-state index contributed by atoms with van der Waals surface area (Å²) in [6.07, 6.45) is 3.63. The molecule has 3 N–H and O–H groups in total. The number of rotatable bonds is 1. The number of imidazole rings is 1. The summed E-state index contributed by atoms with van der Waals surface area (Å²) in [4.78, 5) is 11.9. The van der Waals surface area contributed by atoms with E-state index in [1.807, 2.05) is 29.9 Å². The first-order chi connectivity index (χ1) is 8.16. The normalized spacial score (nSPS) is 11.2. The van der Waals surface area contributed by atoms with E-state index in [-0.39, 0.29) is 0 Å². The van der Waals surface area contributed by atoms with Crippen molar-refractivity contribution in [2.75, 3.05) is 5.73 Å².